The first kappa shape index (κ1) is 65.6. The van der Waals surface area contributed by atoms with E-state index in [1.807, 2.05) is 13.8 Å². The predicted molar refractivity (Wildman–Crippen MR) is 317 cm³/mol. The van der Waals surface area contributed by atoms with Crippen molar-refractivity contribution in [2.75, 3.05) is 7.11 Å². The number of methoxy groups -OCH3 is 1. The molecule has 0 saturated heterocycles. The molecule has 5 amide bonds. The predicted octanol–water partition coefficient (Wildman–Crippen LogP) is 8.76. The molecule has 8 aromatic rings. The van der Waals surface area contributed by atoms with Gasteiger partial charge in [-0.25, -0.2) is 50.9 Å². The van der Waals surface area contributed by atoms with Gasteiger partial charge in [0.25, 0.3) is 29.5 Å². The van der Waals surface area contributed by atoms with Crippen LogP contribution >= 0.6 is 0 Å². The Balaban J connectivity index is 0.000000230. The number of esters is 3. The van der Waals surface area contributed by atoms with Gasteiger partial charge in [0.15, 0.2) is 46.0 Å². The maximum Gasteiger partial charge on any atom is 0.358 e. The van der Waals surface area contributed by atoms with Crippen molar-refractivity contribution in [1.82, 2.24) is 50.5 Å². The molecule has 26 heteroatoms. The summed E-state index contributed by atoms with van der Waals surface area (Å²) in [6.07, 6.45) is 2.34. The number of ether oxygens (including phenoxy) is 3. The minimum atomic E-state index is -1.06. The lowest BCUT2D eigenvalue weighted by Gasteiger charge is -2.21. The van der Waals surface area contributed by atoms with Crippen LogP contribution < -0.4 is 27.0 Å². The number of benzene rings is 4. The summed E-state index contributed by atoms with van der Waals surface area (Å²) in [6.45, 7) is 14.2. The molecule has 0 fully saturated rings. The molecule has 2 atom stereocenters. The van der Waals surface area contributed by atoms with Crippen LogP contribution in [0.2, 0.25) is 0 Å². The molecule has 6 N–H and O–H groups in total. The number of aromatic nitrogens is 6. The van der Waals surface area contributed by atoms with Crippen molar-refractivity contribution in [3.05, 3.63) is 198 Å². The number of rotatable bonds is 14. The van der Waals surface area contributed by atoms with Gasteiger partial charge in [-0.15, -0.1) is 0 Å². The Morgan fingerprint density at radius 1 is 0.533 bits per heavy atom. The van der Waals surface area contributed by atoms with Crippen LogP contribution in [0.4, 0.5) is 17.6 Å². The van der Waals surface area contributed by atoms with Crippen LogP contribution in [0.5, 0.6) is 0 Å². The fourth-order valence-electron chi connectivity index (χ4n) is 10.3. The molecule has 470 valence electrons. The van der Waals surface area contributed by atoms with Crippen LogP contribution in [-0.4, -0.2) is 95.0 Å². The van der Waals surface area contributed by atoms with E-state index in [1.165, 1.54) is 43.5 Å². The third kappa shape index (κ3) is 14.4. The van der Waals surface area contributed by atoms with E-state index in [4.69, 9.17) is 19.9 Å². The molecule has 0 radical (unpaired) electrons. The minimum Gasteiger partial charge on any atom is -0.464 e. The Morgan fingerprint density at radius 3 is 1.31 bits per heavy atom. The van der Waals surface area contributed by atoms with E-state index in [1.54, 1.807) is 65.8 Å². The van der Waals surface area contributed by atoms with Crippen molar-refractivity contribution < 1.29 is 70.1 Å². The zero-order valence-electron chi connectivity index (χ0n) is 49.7. The molecule has 2 aliphatic rings. The number of primary amides is 1. The summed E-state index contributed by atoms with van der Waals surface area (Å²) in [6, 6.07) is 17.5. The monoisotopic (exact) mass is 1240 g/mol. The van der Waals surface area contributed by atoms with Gasteiger partial charge in [-0.2, -0.15) is 10.2 Å². The van der Waals surface area contributed by atoms with Crippen LogP contribution in [0.25, 0.3) is 11.3 Å². The molecule has 4 heterocycles. The largest absolute Gasteiger partial charge is 0.464 e. The Hall–Kier alpha value is -10.4. The van der Waals surface area contributed by atoms with Crippen LogP contribution in [0.3, 0.4) is 0 Å². The number of carbonyl (C=O) groups excluding carboxylic acids is 8. The number of nitrogens with one attached hydrogen (secondary N) is 4. The molecule has 4 aromatic carbocycles. The first-order chi connectivity index (χ1) is 42.0. The normalized spacial score (nSPS) is 14.1. The molecule has 2 aliphatic carbocycles. The lowest BCUT2D eigenvalue weighted by atomic mass is 9.97. The number of amides is 5. The van der Waals surface area contributed by atoms with E-state index < -0.39 is 94.0 Å². The van der Waals surface area contributed by atoms with Crippen LogP contribution in [-0.2, 0) is 40.1 Å². The van der Waals surface area contributed by atoms with Gasteiger partial charge in [-0.3, -0.25) is 24.0 Å². The molecular weight excluding hydrogens is 1170 g/mol. The first-order valence-electron chi connectivity index (χ1n) is 27.9. The van der Waals surface area contributed by atoms with Crippen molar-refractivity contribution in [3.63, 3.8) is 0 Å². The van der Waals surface area contributed by atoms with Crippen molar-refractivity contribution >= 4 is 58.7 Å². The summed E-state index contributed by atoms with van der Waals surface area (Å²) in [5.41, 5.74) is 9.99. The lowest BCUT2D eigenvalue weighted by molar-refractivity contribution is 0.00559. The van der Waals surface area contributed by atoms with E-state index >= 15 is 0 Å². The van der Waals surface area contributed by atoms with E-state index in [2.05, 4.69) is 41.4 Å². The van der Waals surface area contributed by atoms with Crippen LogP contribution in [0.1, 0.15) is 202 Å². The molecule has 22 nitrogen and oxygen atoms in total. The number of hydrogen-bond donors (Lipinski definition) is 5. The molecule has 0 spiro atoms. The Kier molecular flexibility index (Phi) is 19.0. The van der Waals surface area contributed by atoms with Crippen molar-refractivity contribution in [2.24, 2.45) is 5.73 Å². The summed E-state index contributed by atoms with van der Waals surface area (Å²) >= 11 is 0. The highest BCUT2D eigenvalue weighted by molar-refractivity contribution is 6.01. The first-order valence-corrected chi connectivity index (χ1v) is 27.9. The van der Waals surface area contributed by atoms with E-state index in [-0.39, 0.29) is 66.0 Å². The third-order valence-electron chi connectivity index (χ3n) is 14.5. The topological polar surface area (TPSA) is 299 Å². The Bertz CT molecular complexity index is 4250. The summed E-state index contributed by atoms with van der Waals surface area (Å²) in [4.78, 5) is 111. The molecule has 0 saturated carbocycles. The van der Waals surface area contributed by atoms with Gasteiger partial charge in [-0.05, 0) is 162 Å². The van der Waals surface area contributed by atoms with Gasteiger partial charge in [0.2, 0.25) is 0 Å². The SMILES string of the molecule is C.COC(=O)c1cc2nc(C(=O)NCc3ccc(F)c(F)c3)cc(C(=O)N[C@H]3CCc4c3ccc(C(=O)OC(C)(C)C)c4C)n2n1.Cc1c(C(=O)OC(C)(C)C)ccc2c1CC[C@@H]2NC(=O)c1cc(C(=O)NCc2ccc(F)c(F)c2)nc2cc(C(N)=O)nn12. The van der Waals surface area contributed by atoms with Crippen molar-refractivity contribution in [2.45, 2.75) is 125 Å². The zero-order chi connectivity index (χ0) is 64.6. The smallest absolute Gasteiger partial charge is 0.358 e. The highest BCUT2D eigenvalue weighted by atomic mass is 19.2. The molecule has 90 heavy (non-hydrogen) atoms. The van der Waals surface area contributed by atoms with Gasteiger partial charge in [0, 0.05) is 37.4 Å². The zero-order valence-corrected chi connectivity index (χ0v) is 49.7. The van der Waals surface area contributed by atoms with Gasteiger partial charge in [0.1, 0.15) is 34.0 Å². The van der Waals surface area contributed by atoms with Gasteiger partial charge >= 0.3 is 17.9 Å². The van der Waals surface area contributed by atoms with Gasteiger partial charge in [-0.1, -0.05) is 31.7 Å². The molecule has 0 aliphatic heterocycles. The molecule has 0 unspecified atom stereocenters. The number of halogens is 4. The average Bonchev–Trinajstić information content (AvgIpc) is 1.63. The van der Waals surface area contributed by atoms with E-state index in [0.29, 0.717) is 47.9 Å². The fourth-order valence-corrected chi connectivity index (χ4v) is 10.3. The van der Waals surface area contributed by atoms with Crippen LogP contribution in [0.15, 0.2) is 84.9 Å². The number of nitrogens with zero attached hydrogens (tertiary/aromatic N) is 6. The fraction of sp³-hybridized carbons (Fsp3) is 0.312. The Morgan fingerprint density at radius 2 is 0.933 bits per heavy atom. The number of carbonyl (C=O) groups is 8. The second-order valence-electron chi connectivity index (χ2n) is 23.1. The number of fused-ring (bicyclic) bond motifs is 4. The van der Waals surface area contributed by atoms with Gasteiger partial charge < -0.3 is 41.2 Å². The van der Waals surface area contributed by atoms with E-state index in [0.717, 1.165) is 66.7 Å². The maximum absolute atomic E-state index is 13.7. The quantitative estimate of drug-likeness (QED) is 0.0386. The van der Waals surface area contributed by atoms with Crippen molar-refractivity contribution in [3.8, 4) is 0 Å². The van der Waals surface area contributed by atoms with Crippen molar-refractivity contribution in [1.29, 1.82) is 0 Å². The second kappa shape index (κ2) is 26.1. The summed E-state index contributed by atoms with van der Waals surface area (Å²) < 4.78 is 71.9. The van der Waals surface area contributed by atoms with Crippen LogP contribution in [0, 0.1) is 37.1 Å². The van der Waals surface area contributed by atoms with Gasteiger partial charge in [0.05, 0.1) is 30.3 Å². The number of nitrogens with two attached hydrogens (primary N) is 1. The lowest BCUT2D eigenvalue weighted by Crippen LogP contribution is -2.31. The third-order valence-corrected chi connectivity index (χ3v) is 14.5. The molecule has 0 bridgehead atoms. The standard InChI is InChI=1S/C32H31F2N5O6.C31H30F2N6O5.CH4/c1-16-18-9-11-23(20(18)8-7-19(16)30(42)45-32(2,3)4)37-29(41)26-13-24(36-27-14-25(31(43)44-5)38-39(26)27)28(40)35-15-17-6-10-21(33)22(34)12-17;1-15-17-8-10-22(19(17)7-6-18(15)30(43)44-31(2,3)4)37-29(42)25-12-24(36-26-13-23(27(34)40)38-39(25)26)28(41)35-14-16-5-9-20(32)21(33)11-16;/h6-8,10,12-14,23H,9,11,15H2,1-5H3,(H,35,40)(H,37,41);5-7,9,11-13,22H,8,10,14H2,1-4H3,(H2,34,40)(H,35,41)(H,37,42);1H4/t23-;22-;/m00./s1. The summed E-state index contributed by atoms with van der Waals surface area (Å²) in [7, 11) is 1.18. The second-order valence-corrected chi connectivity index (χ2v) is 23.1. The summed E-state index contributed by atoms with van der Waals surface area (Å²) in [5.74, 6) is -9.22. The highest BCUT2D eigenvalue weighted by Crippen LogP contribution is 2.37. The highest BCUT2D eigenvalue weighted by Gasteiger charge is 2.33. The number of hydrogen-bond acceptors (Lipinski definition) is 15. The molecule has 10 rings (SSSR count). The minimum absolute atomic E-state index is 0. The Labute approximate surface area is 513 Å². The maximum atomic E-state index is 13.7. The summed E-state index contributed by atoms with van der Waals surface area (Å²) in [5, 5.41) is 19.3. The molecule has 4 aromatic heterocycles. The molecular formula is C64H65F4N11O11. The van der Waals surface area contributed by atoms with E-state index in [9.17, 15) is 55.9 Å². The average molecular weight is 1240 g/mol.